The van der Waals surface area contributed by atoms with Gasteiger partial charge in [0.25, 0.3) is 0 Å². The van der Waals surface area contributed by atoms with Crippen molar-refractivity contribution in [1.82, 2.24) is 0 Å². The van der Waals surface area contributed by atoms with Gasteiger partial charge >= 0.3 is 0 Å². The highest BCUT2D eigenvalue weighted by Crippen LogP contribution is 2.16. The van der Waals surface area contributed by atoms with Crippen molar-refractivity contribution in [2.45, 2.75) is 0 Å². The molecule has 19 heavy (non-hydrogen) atoms. The third-order valence-corrected chi connectivity index (χ3v) is 2.99. The number of carbonyl (C=O) groups is 1. The number of benzene rings is 2. The summed E-state index contributed by atoms with van der Waals surface area (Å²) in [7, 11) is 1.60. The van der Waals surface area contributed by atoms with E-state index in [0.29, 0.717) is 11.1 Å². The molecule has 0 aliphatic carbocycles. The molecule has 0 atom stereocenters. The first-order valence-electron chi connectivity index (χ1n) is 5.53. The average Bonchev–Trinajstić information content (AvgIpc) is 2.49. The lowest BCUT2D eigenvalue weighted by atomic mass is 10.0. The maximum absolute atomic E-state index is 12.1. The van der Waals surface area contributed by atoms with Crippen LogP contribution in [0.1, 0.15) is 15.9 Å². The van der Waals surface area contributed by atoms with Crippen LogP contribution < -0.4 is 4.74 Å². The molecule has 2 aromatic rings. The molecule has 0 spiro atoms. The van der Waals surface area contributed by atoms with Crippen LogP contribution in [0.4, 0.5) is 0 Å². The molecule has 0 N–H and O–H groups in total. The highest BCUT2D eigenvalue weighted by Gasteiger charge is 2.08. The monoisotopic (exact) mass is 432 g/mol. The van der Waals surface area contributed by atoms with Crippen molar-refractivity contribution in [3.05, 3.63) is 64.1 Å². The van der Waals surface area contributed by atoms with E-state index in [0.717, 1.165) is 10.2 Å². The van der Waals surface area contributed by atoms with E-state index < -0.39 is 0 Å². The number of halogens is 2. The molecule has 2 aromatic carbocycles. The Balaban J connectivity index is 0.000000861. The second-order valence-electron chi connectivity index (χ2n) is 3.56. The van der Waals surface area contributed by atoms with E-state index in [9.17, 15) is 4.79 Å². The first kappa shape index (κ1) is 16.2. The summed E-state index contributed by atoms with van der Waals surface area (Å²) in [5.41, 5.74) is 1.34. The minimum atomic E-state index is 0.0140. The fourth-order valence-corrected chi connectivity index (χ4v) is 1.77. The van der Waals surface area contributed by atoms with Crippen molar-refractivity contribution >= 4 is 44.3 Å². The molecule has 2 nitrogen and oxygen atoms in total. The van der Waals surface area contributed by atoms with Crippen molar-refractivity contribution in [2.75, 3.05) is 12.0 Å². The molecule has 4 heteroatoms. The molecule has 0 aliphatic heterocycles. The normalized spacial score (nSPS) is 9.26. The maximum atomic E-state index is 12.1. The van der Waals surface area contributed by atoms with Gasteiger partial charge in [-0.3, -0.25) is 4.79 Å². The summed E-state index contributed by atoms with van der Waals surface area (Å²) in [5.74, 6) is 0.762. The fourth-order valence-electron chi connectivity index (χ4n) is 1.51. The van der Waals surface area contributed by atoms with Gasteiger partial charge in [0.05, 0.1) is 7.11 Å². The molecule has 0 radical (unpaired) electrons. The summed E-state index contributed by atoms with van der Waals surface area (Å²) in [6, 6.07) is 14.4. The quantitative estimate of drug-likeness (QED) is 0.397. The van der Waals surface area contributed by atoms with Gasteiger partial charge in [0.15, 0.2) is 5.78 Å². The topological polar surface area (TPSA) is 26.3 Å². The molecule has 0 saturated carbocycles. The molecule has 100 valence electrons. The smallest absolute Gasteiger partial charge is 0.193 e. The molecule has 0 fully saturated rings. The standard InChI is InChI=1S/C14H11BrO2.CH3I/c1-17-13-8-4-11(5-9-13)14(16)10-2-6-12(15)7-3-10;1-2/h2-9H,1H3;1H3. The number of rotatable bonds is 3. The molecule has 0 heterocycles. The van der Waals surface area contributed by atoms with Crippen LogP contribution in [0.25, 0.3) is 0 Å². The molecule has 0 saturated heterocycles. The summed E-state index contributed by atoms with van der Waals surface area (Å²) in [5, 5.41) is 0. The predicted octanol–water partition coefficient (Wildman–Crippen LogP) is 4.74. The number of hydrogen-bond donors (Lipinski definition) is 0. The summed E-state index contributed by atoms with van der Waals surface area (Å²) < 4.78 is 6.01. The molecule has 0 bridgehead atoms. The molecular formula is C15H14BrIO2. The van der Waals surface area contributed by atoms with E-state index in [4.69, 9.17) is 4.74 Å². The van der Waals surface area contributed by atoms with Gasteiger partial charge in [0.2, 0.25) is 0 Å². The van der Waals surface area contributed by atoms with E-state index in [2.05, 4.69) is 38.5 Å². The van der Waals surface area contributed by atoms with Gasteiger partial charge in [-0.05, 0) is 53.5 Å². The second kappa shape index (κ2) is 8.32. The summed E-state index contributed by atoms with van der Waals surface area (Å²) in [4.78, 5) is 14.1. The second-order valence-corrected chi connectivity index (χ2v) is 4.48. The Morgan fingerprint density at radius 2 is 1.37 bits per heavy atom. The van der Waals surface area contributed by atoms with Gasteiger partial charge in [0, 0.05) is 15.6 Å². The van der Waals surface area contributed by atoms with Crippen LogP contribution in [-0.4, -0.2) is 17.8 Å². The van der Waals surface area contributed by atoms with Crippen molar-refractivity contribution < 1.29 is 9.53 Å². The van der Waals surface area contributed by atoms with E-state index in [-0.39, 0.29) is 5.78 Å². The highest BCUT2D eigenvalue weighted by molar-refractivity contribution is 14.1. The van der Waals surface area contributed by atoms with Crippen LogP contribution in [0.2, 0.25) is 0 Å². The molecule has 0 unspecified atom stereocenters. The number of ketones is 1. The first-order chi connectivity index (χ1) is 9.20. The van der Waals surface area contributed by atoms with Gasteiger partial charge in [-0.1, -0.05) is 38.5 Å². The van der Waals surface area contributed by atoms with Crippen LogP contribution in [-0.2, 0) is 0 Å². The Morgan fingerprint density at radius 3 is 1.79 bits per heavy atom. The van der Waals surface area contributed by atoms with Crippen LogP contribution in [0.15, 0.2) is 53.0 Å². The van der Waals surface area contributed by atoms with Gasteiger partial charge < -0.3 is 4.74 Å². The Kier molecular flexibility index (Phi) is 7.09. The van der Waals surface area contributed by atoms with E-state index in [1.165, 1.54) is 0 Å². The Morgan fingerprint density at radius 1 is 0.947 bits per heavy atom. The number of methoxy groups -OCH3 is 1. The zero-order chi connectivity index (χ0) is 14.3. The minimum absolute atomic E-state index is 0.0140. The first-order valence-corrected chi connectivity index (χ1v) is 8.48. The number of ether oxygens (including phenoxy) is 1. The molecular weight excluding hydrogens is 419 g/mol. The molecule has 0 amide bonds. The minimum Gasteiger partial charge on any atom is -0.497 e. The summed E-state index contributed by atoms with van der Waals surface area (Å²) in [6.07, 6.45) is 0. The van der Waals surface area contributed by atoms with E-state index in [1.54, 1.807) is 43.5 Å². The van der Waals surface area contributed by atoms with Crippen molar-refractivity contribution in [3.63, 3.8) is 0 Å². The van der Waals surface area contributed by atoms with Crippen molar-refractivity contribution in [3.8, 4) is 5.75 Å². The Labute approximate surface area is 135 Å². The number of alkyl halides is 1. The van der Waals surface area contributed by atoms with E-state index in [1.807, 2.05) is 17.1 Å². The highest BCUT2D eigenvalue weighted by atomic mass is 127. The Hall–Kier alpha value is -0.880. The van der Waals surface area contributed by atoms with Gasteiger partial charge in [-0.25, -0.2) is 0 Å². The third-order valence-electron chi connectivity index (χ3n) is 2.46. The van der Waals surface area contributed by atoms with Crippen LogP contribution in [0.3, 0.4) is 0 Å². The van der Waals surface area contributed by atoms with Gasteiger partial charge in [-0.2, -0.15) is 0 Å². The number of hydrogen-bond acceptors (Lipinski definition) is 2. The maximum Gasteiger partial charge on any atom is 0.193 e. The van der Waals surface area contributed by atoms with Crippen molar-refractivity contribution in [1.29, 1.82) is 0 Å². The lowest BCUT2D eigenvalue weighted by molar-refractivity contribution is 0.103. The van der Waals surface area contributed by atoms with Crippen LogP contribution in [0.5, 0.6) is 5.75 Å². The lowest BCUT2D eigenvalue weighted by Crippen LogP contribution is -2.00. The van der Waals surface area contributed by atoms with E-state index >= 15 is 0 Å². The SMILES string of the molecule is CI.COc1ccc(C(=O)c2ccc(Br)cc2)cc1. The predicted molar refractivity (Wildman–Crippen MR) is 90.5 cm³/mol. The zero-order valence-corrected chi connectivity index (χ0v) is 14.4. The lowest BCUT2D eigenvalue weighted by Gasteiger charge is -2.03. The number of carbonyl (C=O) groups excluding carboxylic acids is 1. The fraction of sp³-hybridized carbons (Fsp3) is 0.133. The van der Waals surface area contributed by atoms with Crippen LogP contribution >= 0.6 is 38.5 Å². The molecule has 0 aromatic heterocycles. The molecule has 2 rings (SSSR count). The van der Waals surface area contributed by atoms with Gasteiger partial charge in [0.1, 0.15) is 5.75 Å². The van der Waals surface area contributed by atoms with Crippen molar-refractivity contribution in [2.24, 2.45) is 0 Å². The Bertz CT molecular complexity index is 521. The average molecular weight is 433 g/mol. The third kappa shape index (κ3) is 4.62. The van der Waals surface area contributed by atoms with Gasteiger partial charge in [-0.15, -0.1) is 0 Å². The largest absolute Gasteiger partial charge is 0.497 e. The summed E-state index contributed by atoms with van der Waals surface area (Å²) in [6.45, 7) is 0. The molecule has 0 aliphatic rings. The summed E-state index contributed by atoms with van der Waals surface area (Å²) >= 11 is 5.49. The van der Waals surface area contributed by atoms with Crippen LogP contribution in [0, 0.1) is 0 Å². The zero-order valence-electron chi connectivity index (χ0n) is 10.7.